The van der Waals surface area contributed by atoms with Gasteiger partial charge >= 0.3 is 12.0 Å². The Bertz CT molecular complexity index is 486. The maximum absolute atomic E-state index is 11.7. The molecule has 20 heavy (non-hydrogen) atoms. The molecule has 0 unspecified atom stereocenters. The summed E-state index contributed by atoms with van der Waals surface area (Å²) in [4.78, 5) is 26.6. The van der Waals surface area contributed by atoms with E-state index in [1.165, 1.54) is 0 Å². The number of carboxylic acid groups (broad SMARTS) is 1. The minimum Gasteiger partial charge on any atom is -0.481 e. The summed E-state index contributed by atoms with van der Waals surface area (Å²) in [6.45, 7) is 2.18. The fourth-order valence-corrected chi connectivity index (χ4v) is 2.32. The number of hydrogen-bond donors (Lipinski definition) is 3. The Morgan fingerprint density at radius 2 is 2.30 bits per heavy atom. The molecule has 2 atom stereocenters. The molecule has 1 heterocycles. The Labute approximate surface area is 116 Å². The van der Waals surface area contributed by atoms with Crippen LogP contribution in [0, 0.1) is 5.92 Å². The lowest BCUT2D eigenvalue weighted by Gasteiger charge is -2.12. The summed E-state index contributed by atoms with van der Waals surface area (Å²) < 4.78 is 5.37. The molecule has 0 aliphatic heterocycles. The lowest BCUT2D eigenvalue weighted by molar-refractivity contribution is -0.141. The minimum atomic E-state index is -0.790. The second-order valence-corrected chi connectivity index (χ2v) is 4.95. The highest BCUT2D eigenvalue weighted by Gasteiger charge is 2.30. The van der Waals surface area contributed by atoms with E-state index >= 15 is 0 Å². The number of rotatable bonds is 5. The summed E-state index contributed by atoms with van der Waals surface area (Å²) >= 11 is 0. The SMILES string of the molecule is CCc1cnc(CNC(=O)N[C@H]2CC[C@@H](C(=O)O)C2)o1. The van der Waals surface area contributed by atoms with Crippen LogP contribution in [0.1, 0.15) is 37.8 Å². The first kappa shape index (κ1) is 14.4. The lowest BCUT2D eigenvalue weighted by atomic mass is 10.1. The molecule has 7 heteroatoms. The summed E-state index contributed by atoms with van der Waals surface area (Å²) in [7, 11) is 0. The normalized spacial score (nSPS) is 21.6. The number of aromatic nitrogens is 1. The standard InChI is InChI=1S/C13H19N3O4/c1-2-10-6-14-11(20-10)7-15-13(19)16-9-4-3-8(5-9)12(17)18/h6,8-9H,2-5,7H2,1H3,(H,17,18)(H2,15,16,19)/t8-,9+/m1/s1. The smallest absolute Gasteiger partial charge is 0.315 e. The van der Waals surface area contributed by atoms with Crippen LogP contribution in [-0.2, 0) is 17.8 Å². The molecule has 0 spiro atoms. The molecule has 0 aromatic carbocycles. The van der Waals surface area contributed by atoms with Crippen LogP contribution in [0.15, 0.2) is 10.6 Å². The van der Waals surface area contributed by atoms with E-state index in [0.29, 0.717) is 25.2 Å². The molecule has 110 valence electrons. The van der Waals surface area contributed by atoms with Crippen molar-refractivity contribution < 1.29 is 19.1 Å². The van der Waals surface area contributed by atoms with Crippen LogP contribution in [0.25, 0.3) is 0 Å². The van der Waals surface area contributed by atoms with Gasteiger partial charge in [-0.1, -0.05) is 6.92 Å². The Hall–Kier alpha value is -2.05. The number of nitrogens with zero attached hydrogens (tertiary/aromatic N) is 1. The van der Waals surface area contributed by atoms with Crippen LogP contribution in [0.2, 0.25) is 0 Å². The molecule has 1 aliphatic carbocycles. The van der Waals surface area contributed by atoms with E-state index in [-0.39, 0.29) is 24.5 Å². The van der Waals surface area contributed by atoms with E-state index in [2.05, 4.69) is 15.6 Å². The van der Waals surface area contributed by atoms with Crippen LogP contribution in [0.4, 0.5) is 4.79 Å². The number of hydrogen-bond acceptors (Lipinski definition) is 4. The molecule has 1 aliphatic rings. The van der Waals surface area contributed by atoms with E-state index in [9.17, 15) is 9.59 Å². The van der Waals surface area contributed by atoms with Crippen LogP contribution in [-0.4, -0.2) is 28.1 Å². The quantitative estimate of drug-likeness (QED) is 0.754. The van der Waals surface area contributed by atoms with Gasteiger partial charge in [0.05, 0.1) is 18.7 Å². The van der Waals surface area contributed by atoms with Crippen LogP contribution in [0.3, 0.4) is 0 Å². The maximum atomic E-state index is 11.7. The van der Waals surface area contributed by atoms with E-state index in [1.54, 1.807) is 6.20 Å². The fraction of sp³-hybridized carbons (Fsp3) is 0.615. The van der Waals surface area contributed by atoms with Gasteiger partial charge < -0.3 is 20.2 Å². The number of aryl methyl sites for hydroxylation is 1. The summed E-state index contributed by atoms with van der Waals surface area (Å²) in [6, 6.07) is -0.399. The van der Waals surface area contributed by atoms with Crippen LogP contribution >= 0.6 is 0 Å². The van der Waals surface area contributed by atoms with Gasteiger partial charge in [-0.25, -0.2) is 9.78 Å². The second kappa shape index (κ2) is 6.40. The van der Waals surface area contributed by atoms with Gasteiger partial charge in [0.25, 0.3) is 0 Å². The van der Waals surface area contributed by atoms with E-state index in [0.717, 1.165) is 12.2 Å². The predicted molar refractivity (Wildman–Crippen MR) is 70.0 cm³/mol. The highest BCUT2D eigenvalue weighted by Crippen LogP contribution is 2.25. The Balaban J connectivity index is 1.72. The molecule has 0 bridgehead atoms. The number of carbonyl (C=O) groups is 2. The van der Waals surface area contributed by atoms with Crippen molar-refractivity contribution in [2.45, 2.75) is 45.2 Å². The molecule has 1 saturated carbocycles. The third-order valence-corrected chi connectivity index (χ3v) is 3.47. The molecule has 2 rings (SSSR count). The van der Waals surface area contributed by atoms with Gasteiger partial charge in [0.2, 0.25) is 5.89 Å². The molecular weight excluding hydrogens is 262 g/mol. The maximum Gasteiger partial charge on any atom is 0.315 e. The number of carbonyl (C=O) groups excluding carboxylic acids is 1. The van der Waals surface area contributed by atoms with Crippen LogP contribution in [0.5, 0.6) is 0 Å². The summed E-state index contributed by atoms with van der Waals surface area (Å²) in [5.41, 5.74) is 0. The van der Waals surface area contributed by atoms with Crippen molar-refractivity contribution in [2.75, 3.05) is 0 Å². The second-order valence-electron chi connectivity index (χ2n) is 4.95. The minimum absolute atomic E-state index is 0.0770. The average molecular weight is 281 g/mol. The first-order valence-corrected chi connectivity index (χ1v) is 6.79. The van der Waals surface area contributed by atoms with Crippen molar-refractivity contribution in [1.29, 1.82) is 0 Å². The number of urea groups is 1. The van der Waals surface area contributed by atoms with Crippen molar-refractivity contribution in [1.82, 2.24) is 15.6 Å². The molecule has 1 fully saturated rings. The van der Waals surface area contributed by atoms with Gasteiger partial charge in [0.1, 0.15) is 5.76 Å². The van der Waals surface area contributed by atoms with E-state index in [1.807, 2.05) is 6.92 Å². The Morgan fingerprint density at radius 1 is 1.50 bits per heavy atom. The van der Waals surface area contributed by atoms with Crippen LogP contribution < -0.4 is 10.6 Å². The fourth-order valence-electron chi connectivity index (χ4n) is 2.32. The van der Waals surface area contributed by atoms with Crippen molar-refractivity contribution >= 4 is 12.0 Å². The predicted octanol–water partition coefficient (Wildman–Crippen LogP) is 1.29. The summed E-state index contributed by atoms with van der Waals surface area (Å²) in [5.74, 6) is 0.106. The molecular formula is C13H19N3O4. The van der Waals surface area contributed by atoms with Gasteiger partial charge in [-0.05, 0) is 19.3 Å². The molecule has 1 aromatic rings. The number of nitrogens with one attached hydrogen (secondary N) is 2. The number of amides is 2. The van der Waals surface area contributed by atoms with Gasteiger partial charge in [-0.15, -0.1) is 0 Å². The van der Waals surface area contributed by atoms with Crippen molar-refractivity contribution in [3.05, 3.63) is 17.8 Å². The molecule has 0 saturated heterocycles. The zero-order valence-electron chi connectivity index (χ0n) is 11.4. The van der Waals surface area contributed by atoms with E-state index in [4.69, 9.17) is 9.52 Å². The highest BCUT2D eigenvalue weighted by molar-refractivity contribution is 5.75. The average Bonchev–Trinajstić information content (AvgIpc) is 3.04. The molecule has 1 aromatic heterocycles. The van der Waals surface area contributed by atoms with Gasteiger partial charge in [-0.3, -0.25) is 4.79 Å². The monoisotopic (exact) mass is 281 g/mol. The van der Waals surface area contributed by atoms with Gasteiger partial charge in [-0.2, -0.15) is 0 Å². The number of aliphatic carboxylic acids is 1. The Kier molecular flexibility index (Phi) is 4.60. The van der Waals surface area contributed by atoms with Crippen molar-refractivity contribution in [3.8, 4) is 0 Å². The summed E-state index contributed by atoms with van der Waals surface area (Å²) in [6.07, 6.45) is 4.20. The van der Waals surface area contributed by atoms with Crippen molar-refractivity contribution in [3.63, 3.8) is 0 Å². The highest BCUT2D eigenvalue weighted by atomic mass is 16.4. The molecule has 7 nitrogen and oxygen atoms in total. The number of oxazole rings is 1. The molecule has 3 N–H and O–H groups in total. The van der Waals surface area contributed by atoms with Gasteiger partial charge in [0, 0.05) is 12.5 Å². The Morgan fingerprint density at radius 3 is 2.90 bits per heavy atom. The molecule has 0 radical (unpaired) electrons. The lowest BCUT2D eigenvalue weighted by Crippen LogP contribution is -2.40. The first-order chi connectivity index (χ1) is 9.58. The number of carboxylic acids is 1. The zero-order valence-corrected chi connectivity index (χ0v) is 11.4. The first-order valence-electron chi connectivity index (χ1n) is 6.79. The zero-order chi connectivity index (χ0) is 14.5. The van der Waals surface area contributed by atoms with Gasteiger partial charge in [0.15, 0.2) is 0 Å². The third kappa shape index (κ3) is 3.72. The topological polar surface area (TPSA) is 104 Å². The van der Waals surface area contributed by atoms with E-state index < -0.39 is 5.97 Å². The largest absolute Gasteiger partial charge is 0.481 e. The third-order valence-electron chi connectivity index (χ3n) is 3.47. The molecule has 2 amide bonds. The van der Waals surface area contributed by atoms with Crippen molar-refractivity contribution in [2.24, 2.45) is 5.92 Å². The summed E-state index contributed by atoms with van der Waals surface area (Å²) in [5, 5.41) is 14.3.